The van der Waals surface area contributed by atoms with Crippen LogP contribution in [-0.2, 0) is 6.54 Å². The van der Waals surface area contributed by atoms with E-state index in [9.17, 15) is 4.79 Å². The fourth-order valence-electron chi connectivity index (χ4n) is 4.41. The van der Waals surface area contributed by atoms with Crippen LogP contribution in [0.5, 0.6) is 5.75 Å². The Morgan fingerprint density at radius 2 is 1.53 bits per heavy atom. The summed E-state index contributed by atoms with van der Waals surface area (Å²) in [5.41, 5.74) is 4.46. The first-order valence-electron chi connectivity index (χ1n) is 13.9. The van der Waals surface area contributed by atoms with E-state index in [4.69, 9.17) is 16.3 Å². The summed E-state index contributed by atoms with van der Waals surface area (Å²) >= 11 is 8.08. The van der Waals surface area contributed by atoms with E-state index in [1.807, 2.05) is 24.3 Å². The molecule has 0 saturated heterocycles. The number of hydrogen-bond donors (Lipinski definition) is 1. The van der Waals surface area contributed by atoms with Gasteiger partial charge in [-0.2, -0.15) is 4.57 Å². The molecule has 1 amide bonds. The lowest BCUT2D eigenvalue weighted by Crippen LogP contribution is -3.00. The Bertz CT molecular complexity index is 1040. The number of halogens is 2. The number of carbonyl (C=O) groups excluding carboxylic acids is 1. The quantitative estimate of drug-likeness (QED) is 0.138. The van der Waals surface area contributed by atoms with Crippen molar-refractivity contribution in [3.05, 3.63) is 75.7 Å². The van der Waals surface area contributed by atoms with Gasteiger partial charge in [0.15, 0.2) is 18.5 Å². The highest BCUT2D eigenvalue weighted by atomic mass is 79.9. The standard InChI is InChI=1S/C31H41ClN2O2S.BrH/c1-2-3-4-5-6-7-8-9-10-11-12-13-22-36-30-28(15-14-16-29(30)32)31(35)33-27-19-17-26(18-20-27)24-34-21-23-37-25-34;/h14-21,23,25H,2-13,22,24H2,1H3;1H. The fourth-order valence-corrected chi connectivity index (χ4v) is 5.23. The van der Waals surface area contributed by atoms with Gasteiger partial charge in [-0.15, -0.1) is 0 Å². The number of para-hydroxylation sites is 1. The van der Waals surface area contributed by atoms with Crippen LogP contribution in [0.1, 0.15) is 99.9 Å². The third kappa shape index (κ3) is 11.9. The molecule has 1 N–H and O–H groups in total. The molecule has 0 fully saturated rings. The maximum atomic E-state index is 13.0. The van der Waals surface area contributed by atoms with E-state index < -0.39 is 0 Å². The minimum atomic E-state index is -0.216. The number of unbranched alkanes of at least 4 members (excludes halogenated alkanes) is 11. The zero-order valence-electron chi connectivity index (χ0n) is 22.6. The van der Waals surface area contributed by atoms with Gasteiger partial charge >= 0.3 is 0 Å². The number of carbonyl (C=O) groups is 1. The molecule has 4 nitrogen and oxygen atoms in total. The van der Waals surface area contributed by atoms with Gasteiger partial charge in [0.25, 0.3) is 5.91 Å². The van der Waals surface area contributed by atoms with Gasteiger partial charge in [-0.1, -0.05) is 119 Å². The molecule has 208 valence electrons. The largest absolute Gasteiger partial charge is 1.00 e. The molecule has 0 bridgehead atoms. The zero-order chi connectivity index (χ0) is 26.1. The number of anilines is 1. The molecule has 0 aliphatic carbocycles. The van der Waals surface area contributed by atoms with Crippen LogP contribution in [0.25, 0.3) is 0 Å². The number of benzene rings is 2. The van der Waals surface area contributed by atoms with Crippen LogP contribution in [0, 0.1) is 0 Å². The highest BCUT2D eigenvalue weighted by Gasteiger charge is 2.16. The number of rotatable bonds is 18. The van der Waals surface area contributed by atoms with E-state index in [0.717, 1.165) is 25.1 Å². The lowest BCUT2D eigenvalue weighted by Gasteiger charge is -2.13. The van der Waals surface area contributed by atoms with Crippen molar-refractivity contribution in [2.45, 2.75) is 90.5 Å². The molecule has 1 aromatic heterocycles. The molecular formula is C31H42BrClN2O2S. The first-order valence-corrected chi connectivity index (χ1v) is 15.2. The molecule has 3 aromatic rings. The summed E-state index contributed by atoms with van der Waals surface area (Å²) in [5, 5.41) is 5.50. The Morgan fingerprint density at radius 3 is 2.13 bits per heavy atom. The number of nitrogens with one attached hydrogen (secondary N) is 1. The molecule has 2 aromatic carbocycles. The molecule has 1 heterocycles. The maximum Gasteiger partial charge on any atom is 0.259 e. The average Bonchev–Trinajstić information content (AvgIpc) is 3.41. The molecule has 0 unspecified atom stereocenters. The third-order valence-electron chi connectivity index (χ3n) is 6.56. The molecule has 0 radical (unpaired) electrons. The second kappa shape index (κ2) is 19.2. The topological polar surface area (TPSA) is 42.2 Å². The third-order valence-corrected chi connectivity index (χ3v) is 7.53. The Kier molecular flexibility index (Phi) is 16.3. The summed E-state index contributed by atoms with van der Waals surface area (Å²) in [6, 6.07) is 13.2. The first-order chi connectivity index (χ1) is 18.2. The lowest BCUT2D eigenvalue weighted by atomic mass is 10.1. The Labute approximate surface area is 248 Å². The number of nitrogens with zero attached hydrogens (tertiary/aromatic N) is 1. The van der Waals surface area contributed by atoms with E-state index in [2.05, 4.69) is 33.9 Å². The number of ether oxygens (including phenoxy) is 1. The minimum absolute atomic E-state index is 0. The highest BCUT2D eigenvalue weighted by molar-refractivity contribution is 7.07. The van der Waals surface area contributed by atoms with Crippen molar-refractivity contribution >= 4 is 34.5 Å². The van der Waals surface area contributed by atoms with Crippen molar-refractivity contribution < 1.29 is 31.1 Å². The Hall–Kier alpha value is -1.89. The fraction of sp³-hybridized carbons (Fsp3) is 0.484. The van der Waals surface area contributed by atoms with Crippen molar-refractivity contribution in [2.75, 3.05) is 11.9 Å². The Morgan fingerprint density at radius 1 is 0.895 bits per heavy atom. The minimum Gasteiger partial charge on any atom is -1.00 e. The summed E-state index contributed by atoms with van der Waals surface area (Å²) in [6.07, 6.45) is 17.6. The SMILES string of the molecule is CCCCCCCCCCCCCCOc1c(Cl)cccc1C(=O)Nc1ccc(C[n+]2ccsc2)cc1.[Br-]. The van der Waals surface area contributed by atoms with Crippen LogP contribution in [0.4, 0.5) is 5.69 Å². The van der Waals surface area contributed by atoms with Gasteiger partial charge in [0.2, 0.25) is 5.51 Å². The summed E-state index contributed by atoms with van der Waals surface area (Å²) in [5.74, 6) is 0.252. The van der Waals surface area contributed by atoms with Crippen LogP contribution in [0.2, 0.25) is 5.02 Å². The van der Waals surface area contributed by atoms with Gasteiger partial charge in [-0.05, 0) is 30.7 Å². The lowest BCUT2D eigenvalue weighted by molar-refractivity contribution is -0.683. The van der Waals surface area contributed by atoms with Crippen molar-refractivity contribution in [1.82, 2.24) is 0 Å². The normalized spacial score (nSPS) is 10.7. The number of aromatic nitrogens is 1. The van der Waals surface area contributed by atoms with Crippen LogP contribution in [0.15, 0.2) is 59.6 Å². The van der Waals surface area contributed by atoms with E-state index >= 15 is 0 Å². The number of thiazole rings is 1. The smallest absolute Gasteiger partial charge is 0.259 e. The molecular weight excluding hydrogens is 580 g/mol. The second-order valence-corrected chi connectivity index (χ2v) is 10.9. The average molecular weight is 622 g/mol. The van der Waals surface area contributed by atoms with Gasteiger partial charge < -0.3 is 27.0 Å². The summed E-state index contributed by atoms with van der Waals surface area (Å²) in [4.78, 5) is 13.0. The van der Waals surface area contributed by atoms with Crippen molar-refractivity contribution in [1.29, 1.82) is 0 Å². The number of amides is 1. The molecule has 3 rings (SSSR count). The van der Waals surface area contributed by atoms with Crippen molar-refractivity contribution in [3.8, 4) is 5.75 Å². The van der Waals surface area contributed by atoms with Crippen molar-refractivity contribution in [2.24, 2.45) is 0 Å². The van der Waals surface area contributed by atoms with Gasteiger partial charge in [-0.25, -0.2) is 0 Å². The summed E-state index contributed by atoms with van der Waals surface area (Å²) in [7, 11) is 0. The zero-order valence-corrected chi connectivity index (χ0v) is 25.8. The molecule has 0 saturated carbocycles. The molecule has 0 aliphatic rings. The monoisotopic (exact) mass is 620 g/mol. The predicted octanol–water partition coefficient (Wildman–Crippen LogP) is 6.07. The first kappa shape index (κ1) is 32.3. The van der Waals surface area contributed by atoms with Gasteiger partial charge in [0.05, 0.1) is 22.6 Å². The van der Waals surface area contributed by atoms with Crippen LogP contribution < -0.4 is 31.6 Å². The summed E-state index contributed by atoms with van der Waals surface area (Å²) < 4.78 is 8.13. The van der Waals surface area contributed by atoms with Crippen LogP contribution in [-0.4, -0.2) is 12.5 Å². The van der Waals surface area contributed by atoms with Gasteiger partial charge in [0, 0.05) is 11.3 Å². The van der Waals surface area contributed by atoms with E-state index in [1.165, 1.54) is 69.8 Å². The second-order valence-electron chi connectivity index (χ2n) is 9.70. The maximum absolute atomic E-state index is 13.0. The van der Waals surface area contributed by atoms with Crippen LogP contribution >= 0.6 is 22.9 Å². The highest BCUT2D eigenvalue weighted by Crippen LogP contribution is 2.30. The van der Waals surface area contributed by atoms with Gasteiger partial charge in [-0.3, -0.25) is 4.79 Å². The number of hydrogen-bond acceptors (Lipinski definition) is 3. The van der Waals surface area contributed by atoms with E-state index in [0.29, 0.717) is 22.9 Å². The molecule has 7 heteroatoms. The molecule has 0 aliphatic heterocycles. The van der Waals surface area contributed by atoms with E-state index in [1.54, 1.807) is 29.5 Å². The molecule has 0 spiro atoms. The predicted molar refractivity (Wildman–Crippen MR) is 156 cm³/mol. The molecule has 0 atom stereocenters. The van der Waals surface area contributed by atoms with Crippen LogP contribution in [0.3, 0.4) is 0 Å². The van der Waals surface area contributed by atoms with Gasteiger partial charge in [0.1, 0.15) is 0 Å². The summed E-state index contributed by atoms with van der Waals surface area (Å²) in [6.45, 7) is 3.64. The van der Waals surface area contributed by atoms with E-state index in [-0.39, 0.29) is 22.9 Å². The Balaban J connectivity index is 0.00000507. The van der Waals surface area contributed by atoms with Crippen molar-refractivity contribution in [3.63, 3.8) is 0 Å². The molecule has 38 heavy (non-hydrogen) atoms.